The Hall–Kier alpha value is -2.01. The molecule has 5 heteroatoms. The molecule has 0 amide bonds. The van der Waals surface area contributed by atoms with E-state index in [1.54, 1.807) is 0 Å². The lowest BCUT2D eigenvalue weighted by Crippen LogP contribution is -2.25. The van der Waals surface area contributed by atoms with E-state index in [-0.39, 0.29) is 11.6 Å². The molecule has 0 atom stereocenters. The lowest BCUT2D eigenvalue weighted by Gasteiger charge is -2.02. The lowest BCUT2D eigenvalue weighted by atomic mass is 10.2. The van der Waals surface area contributed by atoms with Crippen LogP contribution < -0.4 is 11.4 Å². The summed E-state index contributed by atoms with van der Waals surface area (Å²) in [5.74, 6) is -0.00983. The fourth-order valence-electron chi connectivity index (χ4n) is 1.87. The number of aromatic hydroxyl groups is 1. The first-order valence-electron chi connectivity index (χ1n) is 5.95. The van der Waals surface area contributed by atoms with Crippen LogP contribution >= 0.6 is 0 Å². The maximum atomic E-state index is 12.0. The second-order valence-electron chi connectivity index (χ2n) is 4.18. The van der Waals surface area contributed by atoms with Gasteiger partial charge in [0, 0.05) is 6.54 Å². The summed E-state index contributed by atoms with van der Waals surface area (Å²) in [5.41, 5.74) is 6.22. The molecule has 18 heavy (non-hydrogen) atoms. The molecule has 96 valence electrons. The Balaban J connectivity index is 2.22. The predicted octanol–water partition coefficient (Wildman–Crippen LogP) is 0.752. The van der Waals surface area contributed by atoms with E-state index >= 15 is 0 Å². The highest BCUT2D eigenvalue weighted by molar-refractivity contribution is 5.16. The van der Waals surface area contributed by atoms with E-state index in [4.69, 9.17) is 5.73 Å². The zero-order chi connectivity index (χ0) is 13.0. The summed E-state index contributed by atoms with van der Waals surface area (Å²) < 4.78 is 2.84. The second kappa shape index (κ2) is 5.55. The van der Waals surface area contributed by atoms with E-state index in [1.807, 2.05) is 30.3 Å². The summed E-state index contributed by atoms with van der Waals surface area (Å²) in [7, 11) is 0. The monoisotopic (exact) mass is 247 g/mol. The number of rotatable bonds is 5. The van der Waals surface area contributed by atoms with E-state index in [0.29, 0.717) is 26.1 Å². The molecule has 5 nitrogen and oxygen atoms in total. The second-order valence-corrected chi connectivity index (χ2v) is 4.18. The minimum atomic E-state index is -0.204. The van der Waals surface area contributed by atoms with Crippen LogP contribution in [0.1, 0.15) is 12.0 Å². The van der Waals surface area contributed by atoms with Crippen LogP contribution in [-0.4, -0.2) is 20.8 Å². The van der Waals surface area contributed by atoms with Crippen LogP contribution in [0.5, 0.6) is 5.88 Å². The Bertz CT molecular complexity index is 557. The lowest BCUT2D eigenvalue weighted by molar-refractivity contribution is 0.410. The van der Waals surface area contributed by atoms with Gasteiger partial charge in [-0.05, 0) is 18.5 Å². The molecule has 0 radical (unpaired) electrons. The van der Waals surface area contributed by atoms with Crippen molar-refractivity contribution in [2.24, 2.45) is 5.73 Å². The van der Waals surface area contributed by atoms with Gasteiger partial charge in [0.1, 0.15) is 0 Å². The quantitative estimate of drug-likeness (QED) is 0.819. The van der Waals surface area contributed by atoms with E-state index in [2.05, 4.69) is 0 Å². The van der Waals surface area contributed by atoms with E-state index in [9.17, 15) is 9.90 Å². The zero-order valence-electron chi connectivity index (χ0n) is 10.1. The van der Waals surface area contributed by atoms with Crippen LogP contribution in [0.25, 0.3) is 0 Å². The Morgan fingerprint density at radius 2 is 1.94 bits per heavy atom. The molecule has 0 bridgehead atoms. The van der Waals surface area contributed by atoms with Gasteiger partial charge in [-0.25, -0.2) is 4.79 Å². The number of imidazole rings is 1. The highest BCUT2D eigenvalue weighted by atomic mass is 16.3. The van der Waals surface area contributed by atoms with Crippen LogP contribution in [-0.2, 0) is 13.1 Å². The first kappa shape index (κ1) is 12.4. The molecule has 1 aromatic heterocycles. The van der Waals surface area contributed by atoms with Crippen molar-refractivity contribution in [1.29, 1.82) is 0 Å². The Morgan fingerprint density at radius 3 is 2.61 bits per heavy atom. The van der Waals surface area contributed by atoms with Gasteiger partial charge in [0.05, 0.1) is 12.7 Å². The highest BCUT2D eigenvalue weighted by Crippen LogP contribution is 2.08. The summed E-state index contributed by atoms with van der Waals surface area (Å²) >= 11 is 0. The average Bonchev–Trinajstić information content (AvgIpc) is 2.64. The van der Waals surface area contributed by atoms with E-state index in [1.165, 1.54) is 15.3 Å². The number of nitrogens with zero attached hydrogens (tertiary/aromatic N) is 2. The third-order valence-corrected chi connectivity index (χ3v) is 2.81. The van der Waals surface area contributed by atoms with Gasteiger partial charge in [-0.3, -0.25) is 9.13 Å². The molecular formula is C13H17N3O2. The summed E-state index contributed by atoms with van der Waals surface area (Å²) in [5, 5.41) is 9.72. The maximum Gasteiger partial charge on any atom is 0.331 e. The average molecular weight is 247 g/mol. The molecule has 1 heterocycles. The smallest absolute Gasteiger partial charge is 0.331 e. The molecule has 0 unspecified atom stereocenters. The topological polar surface area (TPSA) is 73.2 Å². The molecule has 0 aliphatic carbocycles. The Labute approximate surface area is 105 Å². The SMILES string of the molecule is NCCCn1c(O)cn(Cc2ccccc2)c1=O. The van der Waals surface area contributed by atoms with Gasteiger partial charge >= 0.3 is 5.69 Å². The molecule has 2 aromatic rings. The fourth-order valence-corrected chi connectivity index (χ4v) is 1.87. The van der Waals surface area contributed by atoms with Crippen LogP contribution in [0.3, 0.4) is 0 Å². The third kappa shape index (κ3) is 2.62. The van der Waals surface area contributed by atoms with Crippen molar-refractivity contribution < 1.29 is 5.11 Å². The largest absolute Gasteiger partial charge is 0.493 e. The molecule has 0 saturated heterocycles. The molecule has 0 saturated carbocycles. The molecule has 2 rings (SSSR count). The van der Waals surface area contributed by atoms with Crippen molar-refractivity contribution in [2.75, 3.05) is 6.54 Å². The van der Waals surface area contributed by atoms with Gasteiger partial charge in [-0.1, -0.05) is 30.3 Å². The minimum absolute atomic E-state index is 0.00983. The van der Waals surface area contributed by atoms with E-state index < -0.39 is 0 Å². The third-order valence-electron chi connectivity index (χ3n) is 2.81. The number of aromatic nitrogens is 2. The van der Waals surface area contributed by atoms with Crippen molar-refractivity contribution in [1.82, 2.24) is 9.13 Å². The molecule has 0 fully saturated rings. The standard InChI is InChI=1S/C13H17N3O2/c14-7-4-8-16-12(17)10-15(13(16)18)9-11-5-2-1-3-6-11/h1-3,5-6,10,17H,4,7-9,14H2. The minimum Gasteiger partial charge on any atom is -0.493 e. The first-order chi connectivity index (χ1) is 8.72. The number of nitrogens with two attached hydrogens (primary N) is 1. The van der Waals surface area contributed by atoms with Crippen LogP contribution in [0.15, 0.2) is 41.3 Å². The van der Waals surface area contributed by atoms with Gasteiger partial charge in [0.2, 0.25) is 5.88 Å². The first-order valence-corrected chi connectivity index (χ1v) is 5.95. The van der Waals surface area contributed by atoms with Gasteiger partial charge in [0.15, 0.2) is 0 Å². The molecular weight excluding hydrogens is 230 g/mol. The van der Waals surface area contributed by atoms with Crippen LogP contribution in [0.2, 0.25) is 0 Å². The number of hydrogen-bond acceptors (Lipinski definition) is 3. The summed E-state index contributed by atoms with van der Waals surface area (Å²) in [4.78, 5) is 12.0. The highest BCUT2D eigenvalue weighted by Gasteiger charge is 2.09. The summed E-state index contributed by atoms with van der Waals surface area (Å²) in [6.45, 7) is 1.40. The van der Waals surface area contributed by atoms with Crippen molar-refractivity contribution in [3.63, 3.8) is 0 Å². The molecule has 1 aromatic carbocycles. The normalized spacial score (nSPS) is 10.7. The van der Waals surface area contributed by atoms with Crippen molar-refractivity contribution in [3.05, 3.63) is 52.6 Å². The van der Waals surface area contributed by atoms with Crippen molar-refractivity contribution in [3.8, 4) is 5.88 Å². The Kier molecular flexibility index (Phi) is 3.84. The summed E-state index contributed by atoms with van der Waals surface area (Å²) in [6, 6.07) is 9.66. The zero-order valence-corrected chi connectivity index (χ0v) is 10.1. The van der Waals surface area contributed by atoms with E-state index in [0.717, 1.165) is 5.56 Å². The molecule has 0 spiro atoms. The number of benzene rings is 1. The molecule has 0 aliphatic rings. The van der Waals surface area contributed by atoms with Crippen molar-refractivity contribution >= 4 is 0 Å². The fraction of sp³-hybridized carbons (Fsp3) is 0.308. The summed E-state index contributed by atoms with van der Waals surface area (Å²) in [6.07, 6.45) is 2.13. The van der Waals surface area contributed by atoms with Gasteiger partial charge < -0.3 is 10.8 Å². The number of hydrogen-bond donors (Lipinski definition) is 2. The Morgan fingerprint density at radius 1 is 1.22 bits per heavy atom. The molecule has 0 aliphatic heterocycles. The van der Waals surface area contributed by atoms with Crippen LogP contribution in [0.4, 0.5) is 0 Å². The van der Waals surface area contributed by atoms with Crippen LogP contribution in [0, 0.1) is 0 Å². The van der Waals surface area contributed by atoms with Crippen molar-refractivity contribution in [2.45, 2.75) is 19.5 Å². The maximum absolute atomic E-state index is 12.0. The molecule has 3 N–H and O–H groups in total. The van der Waals surface area contributed by atoms with Gasteiger partial charge in [0.25, 0.3) is 0 Å². The van der Waals surface area contributed by atoms with Gasteiger partial charge in [-0.15, -0.1) is 0 Å². The predicted molar refractivity (Wildman–Crippen MR) is 69.6 cm³/mol. The van der Waals surface area contributed by atoms with Gasteiger partial charge in [-0.2, -0.15) is 0 Å².